The lowest BCUT2D eigenvalue weighted by Gasteiger charge is -2.06. The molecule has 0 bridgehead atoms. The number of aryl methyl sites for hydroxylation is 1. The summed E-state index contributed by atoms with van der Waals surface area (Å²) in [6, 6.07) is 1.73. The van der Waals surface area contributed by atoms with Crippen LogP contribution >= 0.6 is 0 Å². The molecule has 78 valence electrons. The van der Waals surface area contributed by atoms with Gasteiger partial charge in [0.15, 0.2) is 0 Å². The van der Waals surface area contributed by atoms with Crippen LogP contribution in [0, 0.1) is 0 Å². The predicted octanol–water partition coefficient (Wildman–Crippen LogP) is -0.119. The summed E-state index contributed by atoms with van der Waals surface area (Å²) in [5.74, 6) is 0. The first-order valence-corrected chi connectivity index (χ1v) is 4.55. The van der Waals surface area contributed by atoms with E-state index in [1.54, 1.807) is 36.4 Å². The van der Waals surface area contributed by atoms with Crippen LogP contribution in [0.1, 0.15) is 17.4 Å². The summed E-state index contributed by atoms with van der Waals surface area (Å²) in [5.41, 5.74) is 1.48. The number of nitrogens with zero attached hydrogens (tertiary/aromatic N) is 5. The highest BCUT2D eigenvalue weighted by Gasteiger charge is 2.10. The summed E-state index contributed by atoms with van der Waals surface area (Å²) >= 11 is 0. The molecular weight excluding hydrogens is 194 g/mol. The average Bonchev–Trinajstić information content (AvgIpc) is 2.65. The van der Waals surface area contributed by atoms with Crippen molar-refractivity contribution in [3.05, 3.63) is 35.9 Å². The second kappa shape index (κ2) is 4.14. The molecule has 0 saturated carbocycles. The molecule has 1 atom stereocenters. The first-order chi connectivity index (χ1) is 7.25. The van der Waals surface area contributed by atoms with Crippen LogP contribution in [0.15, 0.2) is 24.7 Å². The molecule has 1 unspecified atom stereocenters. The van der Waals surface area contributed by atoms with Gasteiger partial charge < -0.3 is 5.11 Å². The molecule has 1 N–H and O–H groups in total. The summed E-state index contributed by atoms with van der Waals surface area (Å²) in [5, 5.41) is 24.9. The van der Waals surface area contributed by atoms with E-state index in [2.05, 4.69) is 20.5 Å². The summed E-state index contributed by atoms with van der Waals surface area (Å²) < 4.78 is 1.60. The minimum atomic E-state index is -0.614. The van der Waals surface area contributed by atoms with Gasteiger partial charge in [0.2, 0.25) is 0 Å². The maximum absolute atomic E-state index is 9.84. The Balaban J connectivity index is 2.07. The van der Waals surface area contributed by atoms with Crippen LogP contribution in [0.4, 0.5) is 0 Å². The van der Waals surface area contributed by atoms with E-state index in [-0.39, 0.29) is 0 Å². The van der Waals surface area contributed by atoms with E-state index in [1.165, 1.54) is 0 Å². The molecule has 2 rings (SSSR count). The molecule has 15 heavy (non-hydrogen) atoms. The highest BCUT2D eigenvalue weighted by molar-refractivity contribution is 5.11. The Morgan fingerprint density at radius 2 is 2.33 bits per heavy atom. The summed E-state index contributed by atoms with van der Waals surface area (Å²) in [4.78, 5) is 0. The first-order valence-electron chi connectivity index (χ1n) is 4.55. The quantitative estimate of drug-likeness (QED) is 0.756. The second-order valence-electron chi connectivity index (χ2n) is 3.28. The number of hydrogen-bond donors (Lipinski definition) is 1. The smallest absolute Gasteiger partial charge is 0.0862 e. The van der Waals surface area contributed by atoms with Gasteiger partial charge in [0.25, 0.3) is 0 Å². The van der Waals surface area contributed by atoms with Crippen LogP contribution in [0.5, 0.6) is 0 Å². The largest absolute Gasteiger partial charge is 0.388 e. The third kappa shape index (κ3) is 2.35. The van der Waals surface area contributed by atoms with Crippen LogP contribution in [0.2, 0.25) is 0 Å². The second-order valence-corrected chi connectivity index (χ2v) is 3.28. The van der Waals surface area contributed by atoms with Crippen LogP contribution < -0.4 is 0 Å². The van der Waals surface area contributed by atoms with E-state index in [1.807, 2.05) is 0 Å². The molecule has 2 aromatic rings. The van der Waals surface area contributed by atoms with Gasteiger partial charge >= 0.3 is 0 Å². The zero-order valence-corrected chi connectivity index (χ0v) is 8.28. The van der Waals surface area contributed by atoms with Crippen molar-refractivity contribution >= 4 is 0 Å². The fraction of sp³-hybridized carbons (Fsp3) is 0.333. The Morgan fingerprint density at radius 1 is 1.47 bits per heavy atom. The fourth-order valence-corrected chi connectivity index (χ4v) is 1.30. The normalized spacial score (nSPS) is 12.7. The Hall–Kier alpha value is -1.82. The van der Waals surface area contributed by atoms with Gasteiger partial charge in [-0.2, -0.15) is 10.2 Å². The van der Waals surface area contributed by atoms with Crippen molar-refractivity contribution < 1.29 is 5.11 Å². The van der Waals surface area contributed by atoms with Crippen molar-refractivity contribution in [3.8, 4) is 0 Å². The van der Waals surface area contributed by atoms with Gasteiger partial charge in [0.05, 0.1) is 18.0 Å². The Morgan fingerprint density at radius 3 is 2.93 bits per heavy atom. The Bertz CT molecular complexity index is 427. The van der Waals surface area contributed by atoms with Crippen molar-refractivity contribution in [2.75, 3.05) is 0 Å². The molecular formula is C9H11N5O. The Labute approximate surface area is 86.6 Å². The maximum atomic E-state index is 9.84. The molecule has 0 spiro atoms. The molecule has 2 aromatic heterocycles. The SMILES string of the molecule is Cn1cc(CC(O)c2ccnnc2)nn1. The molecule has 0 amide bonds. The van der Waals surface area contributed by atoms with Crippen molar-refractivity contribution in [2.45, 2.75) is 12.5 Å². The van der Waals surface area contributed by atoms with E-state index in [0.29, 0.717) is 6.42 Å². The van der Waals surface area contributed by atoms with Crippen LogP contribution in [0.25, 0.3) is 0 Å². The van der Waals surface area contributed by atoms with Gasteiger partial charge in [-0.3, -0.25) is 4.68 Å². The zero-order chi connectivity index (χ0) is 10.7. The molecule has 0 aliphatic carbocycles. The number of rotatable bonds is 3. The minimum absolute atomic E-state index is 0.430. The van der Waals surface area contributed by atoms with Gasteiger partial charge in [0, 0.05) is 31.4 Å². The number of aromatic nitrogens is 5. The van der Waals surface area contributed by atoms with E-state index >= 15 is 0 Å². The van der Waals surface area contributed by atoms with Gasteiger partial charge in [-0.15, -0.1) is 5.10 Å². The van der Waals surface area contributed by atoms with Gasteiger partial charge in [-0.1, -0.05) is 5.21 Å². The zero-order valence-electron chi connectivity index (χ0n) is 8.28. The lowest BCUT2D eigenvalue weighted by molar-refractivity contribution is 0.176. The highest BCUT2D eigenvalue weighted by atomic mass is 16.3. The van der Waals surface area contributed by atoms with Crippen LogP contribution in [-0.4, -0.2) is 30.3 Å². The summed E-state index contributed by atoms with van der Waals surface area (Å²) in [6.07, 6.45) is 4.69. The van der Waals surface area contributed by atoms with Gasteiger partial charge in [-0.05, 0) is 6.07 Å². The maximum Gasteiger partial charge on any atom is 0.0862 e. The number of aliphatic hydroxyl groups is 1. The monoisotopic (exact) mass is 205 g/mol. The molecule has 6 nitrogen and oxygen atoms in total. The molecule has 0 radical (unpaired) electrons. The molecule has 6 heteroatoms. The molecule has 0 aliphatic rings. The van der Waals surface area contributed by atoms with Crippen molar-refractivity contribution in [1.29, 1.82) is 0 Å². The molecule has 0 aromatic carbocycles. The lowest BCUT2D eigenvalue weighted by Crippen LogP contribution is -2.03. The van der Waals surface area contributed by atoms with E-state index < -0.39 is 6.10 Å². The number of aliphatic hydroxyl groups excluding tert-OH is 1. The third-order valence-corrected chi connectivity index (χ3v) is 2.04. The van der Waals surface area contributed by atoms with Gasteiger partial charge in [-0.25, -0.2) is 0 Å². The lowest BCUT2D eigenvalue weighted by atomic mass is 10.1. The molecule has 0 aliphatic heterocycles. The van der Waals surface area contributed by atoms with Gasteiger partial charge in [0.1, 0.15) is 0 Å². The van der Waals surface area contributed by atoms with E-state index in [9.17, 15) is 5.11 Å². The Kier molecular flexibility index (Phi) is 2.68. The molecule has 2 heterocycles. The van der Waals surface area contributed by atoms with E-state index in [4.69, 9.17) is 0 Å². The topological polar surface area (TPSA) is 76.7 Å². The number of hydrogen-bond acceptors (Lipinski definition) is 5. The minimum Gasteiger partial charge on any atom is -0.388 e. The molecule has 0 fully saturated rings. The molecule has 0 saturated heterocycles. The highest BCUT2D eigenvalue weighted by Crippen LogP contribution is 2.14. The third-order valence-electron chi connectivity index (χ3n) is 2.04. The summed E-state index contributed by atoms with van der Waals surface area (Å²) in [7, 11) is 1.79. The fourth-order valence-electron chi connectivity index (χ4n) is 1.30. The van der Waals surface area contributed by atoms with E-state index in [0.717, 1.165) is 11.3 Å². The van der Waals surface area contributed by atoms with Crippen LogP contribution in [0.3, 0.4) is 0 Å². The first kappa shape index (κ1) is 9.72. The van der Waals surface area contributed by atoms with Crippen LogP contribution in [-0.2, 0) is 13.5 Å². The van der Waals surface area contributed by atoms with Crippen molar-refractivity contribution in [3.63, 3.8) is 0 Å². The average molecular weight is 205 g/mol. The predicted molar refractivity (Wildman–Crippen MR) is 51.7 cm³/mol. The van der Waals surface area contributed by atoms with Crippen molar-refractivity contribution in [2.24, 2.45) is 7.05 Å². The summed E-state index contributed by atoms with van der Waals surface area (Å²) in [6.45, 7) is 0. The van der Waals surface area contributed by atoms with Crippen molar-refractivity contribution in [1.82, 2.24) is 25.2 Å². The standard InChI is InChI=1S/C9H11N5O/c1-14-6-8(12-13-14)4-9(15)7-2-3-10-11-5-7/h2-3,5-6,9,15H,4H2,1H3.